The van der Waals surface area contributed by atoms with Gasteiger partial charge in [0.1, 0.15) is 6.33 Å². The predicted molar refractivity (Wildman–Crippen MR) is 110 cm³/mol. The fourth-order valence-electron chi connectivity index (χ4n) is 3.24. The van der Waals surface area contributed by atoms with E-state index in [0.717, 1.165) is 53.2 Å². The summed E-state index contributed by atoms with van der Waals surface area (Å²) >= 11 is 3.60. The fraction of sp³-hybridized carbons (Fsp3) is 0.238. The summed E-state index contributed by atoms with van der Waals surface area (Å²) in [5, 5.41) is 0. The number of benzene rings is 2. The van der Waals surface area contributed by atoms with Crippen LogP contribution in [0.15, 0.2) is 65.4 Å². The quantitative estimate of drug-likeness (QED) is 0.645. The molecule has 1 aliphatic rings. The first-order valence-corrected chi connectivity index (χ1v) is 9.61. The minimum absolute atomic E-state index is 0.922. The van der Waals surface area contributed by atoms with Gasteiger partial charge in [-0.15, -0.1) is 0 Å². The third-order valence-electron chi connectivity index (χ3n) is 4.85. The summed E-state index contributed by atoms with van der Waals surface area (Å²) in [6.07, 6.45) is 1.64. The summed E-state index contributed by atoms with van der Waals surface area (Å²) in [5.74, 6) is 0. The maximum Gasteiger partial charge on any atom is 0.116 e. The molecule has 3 aromatic rings. The zero-order valence-electron chi connectivity index (χ0n) is 14.8. The van der Waals surface area contributed by atoms with Crippen molar-refractivity contribution in [3.05, 3.63) is 65.4 Å². The lowest BCUT2D eigenvalue weighted by Gasteiger charge is -2.34. The highest BCUT2D eigenvalue weighted by Gasteiger charge is 2.14. The van der Waals surface area contributed by atoms with E-state index < -0.39 is 0 Å². The lowest BCUT2D eigenvalue weighted by molar-refractivity contribution is 0.313. The summed E-state index contributed by atoms with van der Waals surface area (Å²) in [6.45, 7) is 4.39. The maximum absolute atomic E-state index is 4.47. The van der Waals surface area contributed by atoms with Gasteiger partial charge < -0.3 is 9.80 Å². The number of aromatic nitrogens is 2. The average Bonchev–Trinajstić information content (AvgIpc) is 2.69. The van der Waals surface area contributed by atoms with Crippen LogP contribution in [0.4, 0.5) is 5.69 Å². The molecule has 1 saturated heterocycles. The lowest BCUT2D eigenvalue weighted by Crippen LogP contribution is -2.44. The fourth-order valence-corrected chi connectivity index (χ4v) is 3.73. The molecular formula is C21H21BrN4. The van der Waals surface area contributed by atoms with E-state index in [4.69, 9.17) is 0 Å². The molecule has 4 nitrogen and oxygen atoms in total. The Morgan fingerprint density at radius 2 is 1.54 bits per heavy atom. The SMILES string of the molecule is CN1CCN(c2ccc(-c3cc(-c4ccccc4Br)ncn3)cc2)CC1. The third kappa shape index (κ3) is 3.64. The van der Waals surface area contributed by atoms with Gasteiger partial charge >= 0.3 is 0 Å². The highest BCUT2D eigenvalue weighted by Crippen LogP contribution is 2.29. The van der Waals surface area contributed by atoms with Crippen LogP contribution < -0.4 is 4.90 Å². The number of hydrogen-bond donors (Lipinski definition) is 0. The number of nitrogens with zero attached hydrogens (tertiary/aromatic N) is 4. The average molecular weight is 409 g/mol. The third-order valence-corrected chi connectivity index (χ3v) is 5.54. The minimum Gasteiger partial charge on any atom is -0.369 e. The summed E-state index contributed by atoms with van der Waals surface area (Å²) in [5.41, 5.74) is 5.33. The Labute approximate surface area is 162 Å². The second kappa shape index (κ2) is 7.56. The molecule has 0 N–H and O–H groups in total. The number of halogens is 1. The van der Waals surface area contributed by atoms with Crippen LogP contribution in [0.3, 0.4) is 0 Å². The van der Waals surface area contributed by atoms with Crippen molar-refractivity contribution in [2.45, 2.75) is 0 Å². The van der Waals surface area contributed by atoms with Gasteiger partial charge in [0.2, 0.25) is 0 Å². The van der Waals surface area contributed by atoms with E-state index in [1.54, 1.807) is 6.33 Å². The Bertz CT molecular complexity index is 887. The van der Waals surface area contributed by atoms with E-state index in [2.05, 4.69) is 73.1 Å². The van der Waals surface area contributed by atoms with Gasteiger partial charge in [0.05, 0.1) is 11.4 Å². The van der Waals surface area contributed by atoms with Gasteiger partial charge in [-0.25, -0.2) is 9.97 Å². The van der Waals surface area contributed by atoms with Crippen molar-refractivity contribution in [1.82, 2.24) is 14.9 Å². The molecule has 0 unspecified atom stereocenters. The molecular weight excluding hydrogens is 388 g/mol. The van der Waals surface area contributed by atoms with Crippen molar-refractivity contribution in [3.63, 3.8) is 0 Å². The van der Waals surface area contributed by atoms with Crippen molar-refractivity contribution < 1.29 is 0 Å². The summed E-state index contributed by atoms with van der Waals surface area (Å²) in [7, 11) is 2.18. The predicted octanol–water partition coefficient (Wildman–Crippen LogP) is 4.32. The first-order chi connectivity index (χ1) is 12.7. The summed E-state index contributed by atoms with van der Waals surface area (Å²) < 4.78 is 1.04. The first-order valence-electron chi connectivity index (χ1n) is 8.81. The molecule has 4 rings (SSSR count). The van der Waals surface area contributed by atoms with Crippen LogP contribution in [0.1, 0.15) is 0 Å². The molecule has 0 amide bonds. The number of piperazine rings is 1. The lowest BCUT2D eigenvalue weighted by atomic mass is 10.1. The second-order valence-corrected chi connectivity index (χ2v) is 7.46. The molecule has 0 saturated carbocycles. The summed E-state index contributed by atoms with van der Waals surface area (Å²) in [4.78, 5) is 13.7. The topological polar surface area (TPSA) is 32.3 Å². The Hall–Kier alpha value is -2.24. The van der Waals surface area contributed by atoms with Gasteiger partial charge in [0.15, 0.2) is 0 Å². The molecule has 1 fully saturated rings. The van der Waals surface area contributed by atoms with Crippen LogP contribution in [0.25, 0.3) is 22.5 Å². The van der Waals surface area contributed by atoms with E-state index in [1.807, 2.05) is 24.3 Å². The van der Waals surface area contributed by atoms with E-state index in [0.29, 0.717) is 0 Å². The molecule has 0 spiro atoms. The normalized spacial score (nSPS) is 15.2. The van der Waals surface area contributed by atoms with Crippen LogP contribution in [-0.2, 0) is 0 Å². The van der Waals surface area contributed by atoms with Gasteiger partial charge in [-0.05, 0) is 31.3 Å². The van der Waals surface area contributed by atoms with E-state index in [-0.39, 0.29) is 0 Å². The molecule has 2 aromatic carbocycles. The van der Waals surface area contributed by atoms with E-state index in [9.17, 15) is 0 Å². The largest absolute Gasteiger partial charge is 0.369 e. The molecule has 2 heterocycles. The van der Waals surface area contributed by atoms with Gasteiger partial charge in [-0.1, -0.05) is 46.3 Å². The Morgan fingerprint density at radius 3 is 2.27 bits per heavy atom. The van der Waals surface area contributed by atoms with Crippen LogP contribution >= 0.6 is 15.9 Å². The van der Waals surface area contributed by atoms with Crippen LogP contribution in [0.5, 0.6) is 0 Å². The van der Waals surface area contributed by atoms with Crippen molar-refractivity contribution in [2.75, 3.05) is 38.1 Å². The molecule has 26 heavy (non-hydrogen) atoms. The Morgan fingerprint density at radius 1 is 0.846 bits per heavy atom. The van der Waals surface area contributed by atoms with Crippen molar-refractivity contribution in [3.8, 4) is 22.5 Å². The minimum atomic E-state index is 0.922. The highest BCUT2D eigenvalue weighted by atomic mass is 79.9. The van der Waals surface area contributed by atoms with Gasteiger partial charge in [-0.2, -0.15) is 0 Å². The molecule has 132 valence electrons. The molecule has 0 radical (unpaired) electrons. The van der Waals surface area contributed by atoms with Crippen molar-refractivity contribution in [2.24, 2.45) is 0 Å². The molecule has 0 aliphatic carbocycles. The smallest absolute Gasteiger partial charge is 0.116 e. The zero-order valence-corrected chi connectivity index (χ0v) is 16.4. The molecule has 1 aromatic heterocycles. The maximum atomic E-state index is 4.47. The number of hydrogen-bond acceptors (Lipinski definition) is 4. The van der Waals surface area contributed by atoms with Crippen LogP contribution in [0.2, 0.25) is 0 Å². The molecule has 5 heteroatoms. The van der Waals surface area contributed by atoms with Gasteiger partial charge in [-0.3, -0.25) is 0 Å². The first kappa shape index (κ1) is 17.2. The van der Waals surface area contributed by atoms with E-state index >= 15 is 0 Å². The highest BCUT2D eigenvalue weighted by molar-refractivity contribution is 9.10. The Balaban J connectivity index is 1.58. The van der Waals surface area contributed by atoms with Gasteiger partial charge in [0, 0.05) is 47.5 Å². The van der Waals surface area contributed by atoms with E-state index in [1.165, 1.54) is 5.69 Å². The standard InChI is InChI=1S/C21H21BrN4/c1-25-10-12-26(13-11-25)17-8-6-16(7-9-17)20-14-21(24-15-23-20)18-4-2-3-5-19(18)22/h2-9,14-15H,10-13H2,1H3. The van der Waals surface area contributed by atoms with Gasteiger partial charge in [0.25, 0.3) is 0 Å². The number of rotatable bonds is 3. The molecule has 1 aliphatic heterocycles. The Kier molecular flexibility index (Phi) is 5.00. The second-order valence-electron chi connectivity index (χ2n) is 6.61. The molecule has 0 bridgehead atoms. The van der Waals surface area contributed by atoms with Crippen LogP contribution in [-0.4, -0.2) is 48.1 Å². The monoisotopic (exact) mass is 408 g/mol. The van der Waals surface area contributed by atoms with Crippen LogP contribution in [0, 0.1) is 0 Å². The van der Waals surface area contributed by atoms with Crippen molar-refractivity contribution in [1.29, 1.82) is 0 Å². The summed E-state index contributed by atoms with van der Waals surface area (Å²) in [6, 6.07) is 18.9. The number of likely N-dealkylation sites (N-methyl/N-ethyl adjacent to an activating group) is 1. The number of anilines is 1. The molecule has 0 atom stereocenters. The van der Waals surface area contributed by atoms with Crippen molar-refractivity contribution >= 4 is 21.6 Å². The zero-order chi connectivity index (χ0) is 17.9.